The Kier molecular flexibility index (Phi) is 6.18. The van der Waals surface area contributed by atoms with E-state index in [4.69, 9.17) is 14.2 Å². The van der Waals surface area contributed by atoms with Crippen molar-refractivity contribution >= 4 is 28.7 Å². The molecule has 1 aliphatic heterocycles. The number of fused-ring (bicyclic) bond motifs is 1. The Hall–Kier alpha value is -3.03. The zero-order valence-electron chi connectivity index (χ0n) is 16.0. The van der Waals surface area contributed by atoms with Crippen LogP contribution in [0.3, 0.4) is 0 Å². The molecule has 1 aromatic heterocycles. The number of nitrogens with zero attached hydrogens (tertiary/aromatic N) is 1. The molecule has 0 unspecified atom stereocenters. The van der Waals surface area contributed by atoms with Crippen molar-refractivity contribution in [3.8, 4) is 5.75 Å². The Bertz CT molecular complexity index is 867. The van der Waals surface area contributed by atoms with Crippen LogP contribution in [0.4, 0.5) is 0 Å². The maximum absolute atomic E-state index is 12.3. The Morgan fingerprint density at radius 2 is 1.89 bits per heavy atom. The molecular weight excluding hydrogens is 364 g/mol. The number of carbonyl (C=O) groups is 3. The van der Waals surface area contributed by atoms with Gasteiger partial charge in [0.25, 0.3) is 5.91 Å². The number of esters is 2. The SMILES string of the molecule is CCOC(=O)C1CCN(C(=O)COC(=O)c2cc3ccc(OC)cc3[nH]2)CC1. The van der Waals surface area contributed by atoms with Gasteiger partial charge in [0.15, 0.2) is 6.61 Å². The number of benzene rings is 1. The van der Waals surface area contributed by atoms with Crippen LogP contribution in [0.1, 0.15) is 30.3 Å². The second-order valence-corrected chi connectivity index (χ2v) is 6.62. The van der Waals surface area contributed by atoms with Gasteiger partial charge in [0, 0.05) is 30.1 Å². The fraction of sp³-hybridized carbons (Fsp3) is 0.450. The van der Waals surface area contributed by atoms with E-state index < -0.39 is 5.97 Å². The average Bonchev–Trinajstić information content (AvgIpc) is 3.15. The Morgan fingerprint density at radius 3 is 2.57 bits per heavy atom. The van der Waals surface area contributed by atoms with Gasteiger partial charge in [-0.3, -0.25) is 9.59 Å². The van der Waals surface area contributed by atoms with Gasteiger partial charge in [0.2, 0.25) is 0 Å². The van der Waals surface area contributed by atoms with E-state index in [1.54, 1.807) is 37.1 Å². The number of ether oxygens (including phenoxy) is 3. The lowest BCUT2D eigenvalue weighted by Gasteiger charge is -2.30. The smallest absolute Gasteiger partial charge is 0.355 e. The Morgan fingerprint density at radius 1 is 1.14 bits per heavy atom. The van der Waals surface area contributed by atoms with Crippen LogP contribution in [0.25, 0.3) is 10.9 Å². The molecule has 1 saturated heterocycles. The van der Waals surface area contributed by atoms with Crippen LogP contribution in [0.5, 0.6) is 5.75 Å². The lowest BCUT2D eigenvalue weighted by molar-refractivity contribution is -0.151. The summed E-state index contributed by atoms with van der Waals surface area (Å²) in [6.07, 6.45) is 1.12. The molecule has 0 bridgehead atoms. The monoisotopic (exact) mass is 388 g/mol. The van der Waals surface area contributed by atoms with Crippen molar-refractivity contribution < 1.29 is 28.6 Å². The third kappa shape index (κ3) is 4.44. The van der Waals surface area contributed by atoms with Crippen LogP contribution >= 0.6 is 0 Å². The highest BCUT2D eigenvalue weighted by Crippen LogP contribution is 2.22. The first-order valence-corrected chi connectivity index (χ1v) is 9.30. The molecule has 0 aliphatic carbocycles. The summed E-state index contributed by atoms with van der Waals surface area (Å²) in [5, 5.41) is 0.847. The standard InChI is InChI=1S/C20H24N2O6/c1-3-27-19(24)13-6-8-22(9-7-13)18(23)12-28-20(25)17-10-14-4-5-15(26-2)11-16(14)21-17/h4-5,10-11,13,21H,3,6-9,12H2,1-2H3. The fourth-order valence-electron chi connectivity index (χ4n) is 3.26. The molecular formula is C20H24N2O6. The van der Waals surface area contributed by atoms with E-state index in [0.717, 1.165) is 10.9 Å². The van der Waals surface area contributed by atoms with Crippen LogP contribution in [-0.4, -0.2) is 61.1 Å². The number of aromatic nitrogens is 1. The number of rotatable bonds is 6. The molecule has 2 heterocycles. The normalized spacial score (nSPS) is 14.7. The number of likely N-dealkylation sites (tertiary alicyclic amines) is 1. The van der Waals surface area contributed by atoms with Crippen LogP contribution in [-0.2, 0) is 19.1 Å². The van der Waals surface area contributed by atoms with E-state index in [1.807, 2.05) is 6.07 Å². The number of hydrogen-bond donors (Lipinski definition) is 1. The predicted octanol–water partition coefficient (Wildman–Crippen LogP) is 2.13. The molecule has 1 fully saturated rings. The minimum atomic E-state index is -0.593. The molecule has 8 heteroatoms. The zero-order chi connectivity index (χ0) is 20.1. The van der Waals surface area contributed by atoms with Crippen molar-refractivity contribution in [3.63, 3.8) is 0 Å². The molecule has 2 aromatic rings. The van der Waals surface area contributed by atoms with Gasteiger partial charge in [-0.05, 0) is 38.0 Å². The highest BCUT2D eigenvalue weighted by molar-refractivity contribution is 5.96. The summed E-state index contributed by atoms with van der Waals surface area (Å²) in [6.45, 7) is 2.70. The van der Waals surface area contributed by atoms with Crippen molar-refractivity contribution in [2.75, 3.05) is 33.4 Å². The minimum Gasteiger partial charge on any atom is -0.497 e. The van der Waals surface area contributed by atoms with Gasteiger partial charge in [-0.1, -0.05) is 0 Å². The molecule has 150 valence electrons. The molecule has 1 aromatic carbocycles. The number of H-pyrrole nitrogens is 1. The van der Waals surface area contributed by atoms with Gasteiger partial charge in [0.05, 0.1) is 19.6 Å². The van der Waals surface area contributed by atoms with Gasteiger partial charge >= 0.3 is 11.9 Å². The largest absolute Gasteiger partial charge is 0.497 e. The molecule has 1 N–H and O–H groups in total. The topological polar surface area (TPSA) is 97.9 Å². The molecule has 28 heavy (non-hydrogen) atoms. The fourth-order valence-corrected chi connectivity index (χ4v) is 3.26. The summed E-state index contributed by atoms with van der Waals surface area (Å²) in [5.41, 5.74) is 1.02. The lowest BCUT2D eigenvalue weighted by atomic mass is 9.97. The van der Waals surface area contributed by atoms with E-state index >= 15 is 0 Å². The van der Waals surface area contributed by atoms with Crippen LogP contribution in [0, 0.1) is 5.92 Å². The molecule has 3 rings (SSSR count). The van der Waals surface area contributed by atoms with E-state index in [9.17, 15) is 14.4 Å². The first-order chi connectivity index (χ1) is 13.5. The summed E-state index contributed by atoms with van der Waals surface area (Å²) in [6, 6.07) is 7.09. The number of nitrogens with one attached hydrogen (secondary N) is 1. The number of piperidine rings is 1. The molecule has 8 nitrogen and oxygen atoms in total. The predicted molar refractivity (Wildman–Crippen MR) is 101 cm³/mol. The highest BCUT2D eigenvalue weighted by atomic mass is 16.5. The van der Waals surface area contributed by atoms with Crippen LogP contribution < -0.4 is 4.74 Å². The van der Waals surface area contributed by atoms with E-state index in [2.05, 4.69) is 4.98 Å². The third-order valence-electron chi connectivity index (χ3n) is 4.84. The third-order valence-corrected chi connectivity index (χ3v) is 4.84. The minimum absolute atomic E-state index is 0.171. The van der Waals surface area contributed by atoms with Crippen molar-refractivity contribution in [1.29, 1.82) is 0 Å². The number of methoxy groups -OCH3 is 1. The molecule has 0 spiro atoms. The highest BCUT2D eigenvalue weighted by Gasteiger charge is 2.28. The van der Waals surface area contributed by atoms with E-state index in [1.165, 1.54) is 0 Å². The summed E-state index contributed by atoms with van der Waals surface area (Å²) in [7, 11) is 1.57. The Balaban J connectivity index is 1.51. The zero-order valence-corrected chi connectivity index (χ0v) is 16.0. The number of hydrogen-bond acceptors (Lipinski definition) is 6. The molecule has 1 amide bonds. The van der Waals surface area contributed by atoms with Crippen LogP contribution in [0.15, 0.2) is 24.3 Å². The van der Waals surface area contributed by atoms with Crippen molar-refractivity contribution in [3.05, 3.63) is 30.0 Å². The number of carbonyl (C=O) groups excluding carboxylic acids is 3. The maximum Gasteiger partial charge on any atom is 0.355 e. The summed E-state index contributed by atoms with van der Waals surface area (Å²) >= 11 is 0. The first-order valence-electron chi connectivity index (χ1n) is 9.30. The summed E-state index contributed by atoms with van der Waals surface area (Å²) in [5.74, 6) is -0.569. The second kappa shape index (κ2) is 8.77. The van der Waals surface area contributed by atoms with Gasteiger partial charge in [-0.15, -0.1) is 0 Å². The van der Waals surface area contributed by atoms with Crippen molar-refractivity contribution in [1.82, 2.24) is 9.88 Å². The van der Waals surface area contributed by atoms with Crippen LogP contribution in [0.2, 0.25) is 0 Å². The Labute approximate surface area is 162 Å². The van der Waals surface area contributed by atoms with Crippen molar-refractivity contribution in [2.45, 2.75) is 19.8 Å². The van der Waals surface area contributed by atoms with Gasteiger partial charge in [0.1, 0.15) is 11.4 Å². The van der Waals surface area contributed by atoms with Crippen molar-refractivity contribution in [2.24, 2.45) is 5.92 Å². The maximum atomic E-state index is 12.3. The number of aromatic amines is 1. The molecule has 0 atom stereocenters. The second-order valence-electron chi connectivity index (χ2n) is 6.62. The number of amides is 1. The average molecular weight is 388 g/mol. The van der Waals surface area contributed by atoms with Gasteiger partial charge in [-0.25, -0.2) is 4.79 Å². The first kappa shape index (κ1) is 19.7. The van der Waals surface area contributed by atoms with E-state index in [0.29, 0.717) is 38.3 Å². The quantitative estimate of drug-likeness (QED) is 0.762. The lowest BCUT2D eigenvalue weighted by Crippen LogP contribution is -2.42. The van der Waals surface area contributed by atoms with E-state index in [-0.39, 0.29) is 30.1 Å². The molecule has 0 saturated carbocycles. The molecule has 0 radical (unpaired) electrons. The summed E-state index contributed by atoms with van der Waals surface area (Å²) in [4.78, 5) is 40.9. The molecule has 1 aliphatic rings. The summed E-state index contributed by atoms with van der Waals surface area (Å²) < 4.78 is 15.3. The van der Waals surface area contributed by atoms with Gasteiger partial charge < -0.3 is 24.1 Å². The van der Waals surface area contributed by atoms with Gasteiger partial charge in [-0.2, -0.15) is 0 Å².